The van der Waals surface area contributed by atoms with Gasteiger partial charge in [-0.2, -0.15) is 0 Å². The van der Waals surface area contributed by atoms with Crippen LogP contribution in [0.5, 0.6) is 0 Å². The van der Waals surface area contributed by atoms with Gasteiger partial charge in [-0.1, -0.05) is 26.7 Å². The van der Waals surface area contributed by atoms with E-state index < -0.39 is 5.97 Å². The molecule has 0 unspecified atom stereocenters. The van der Waals surface area contributed by atoms with Crippen LogP contribution in [0.3, 0.4) is 0 Å². The summed E-state index contributed by atoms with van der Waals surface area (Å²) < 4.78 is 0. The van der Waals surface area contributed by atoms with Crippen molar-refractivity contribution in [2.45, 2.75) is 46.0 Å². The van der Waals surface area contributed by atoms with Crippen LogP contribution in [0.25, 0.3) is 0 Å². The van der Waals surface area contributed by atoms with Crippen molar-refractivity contribution in [1.29, 1.82) is 0 Å². The standard InChI is InChI=1S/C16H25N3O2/c1-11(2)9-16(7-3-4-8-16)10-18-14-12(17)5-6-13(19-14)15(20)21/h5-6,11H,3-4,7-10,17H2,1-2H3,(H,18,19)(H,20,21). The molecule has 0 spiro atoms. The number of carbonyl (C=O) groups is 1. The van der Waals surface area contributed by atoms with Gasteiger partial charge in [0.05, 0.1) is 5.69 Å². The number of nitrogen functional groups attached to an aromatic ring is 1. The van der Waals surface area contributed by atoms with Crippen LogP contribution in [-0.4, -0.2) is 22.6 Å². The van der Waals surface area contributed by atoms with Crippen molar-refractivity contribution in [1.82, 2.24) is 4.98 Å². The molecule has 116 valence electrons. The Morgan fingerprint density at radius 2 is 2.10 bits per heavy atom. The first-order chi connectivity index (χ1) is 9.92. The maximum atomic E-state index is 11.0. The zero-order valence-electron chi connectivity index (χ0n) is 12.9. The molecule has 0 amide bonds. The highest BCUT2D eigenvalue weighted by atomic mass is 16.4. The highest BCUT2D eigenvalue weighted by Gasteiger charge is 2.34. The smallest absolute Gasteiger partial charge is 0.354 e. The van der Waals surface area contributed by atoms with E-state index in [1.165, 1.54) is 38.2 Å². The SMILES string of the molecule is CC(C)CC1(CNc2nc(C(=O)O)ccc2N)CCCC1. The molecular formula is C16H25N3O2. The Bertz CT molecular complexity index is 508. The number of nitrogens with one attached hydrogen (secondary N) is 1. The number of nitrogens with two attached hydrogens (primary N) is 1. The second-order valence-corrected chi connectivity index (χ2v) is 6.60. The third kappa shape index (κ3) is 3.86. The Hall–Kier alpha value is -1.78. The van der Waals surface area contributed by atoms with Gasteiger partial charge in [-0.05, 0) is 42.7 Å². The summed E-state index contributed by atoms with van der Waals surface area (Å²) in [4.78, 5) is 15.1. The fourth-order valence-corrected chi connectivity index (χ4v) is 3.45. The van der Waals surface area contributed by atoms with Crippen LogP contribution < -0.4 is 11.1 Å². The van der Waals surface area contributed by atoms with E-state index in [2.05, 4.69) is 24.1 Å². The number of hydrogen-bond acceptors (Lipinski definition) is 4. The van der Waals surface area contributed by atoms with Crippen molar-refractivity contribution in [3.8, 4) is 0 Å². The average Bonchev–Trinajstić information content (AvgIpc) is 2.85. The van der Waals surface area contributed by atoms with Gasteiger partial charge in [-0.15, -0.1) is 0 Å². The molecule has 0 radical (unpaired) electrons. The molecule has 1 fully saturated rings. The van der Waals surface area contributed by atoms with Gasteiger partial charge in [-0.3, -0.25) is 0 Å². The van der Waals surface area contributed by atoms with Gasteiger partial charge in [0, 0.05) is 6.54 Å². The van der Waals surface area contributed by atoms with Gasteiger partial charge in [0.25, 0.3) is 0 Å². The van der Waals surface area contributed by atoms with Crippen molar-refractivity contribution in [2.24, 2.45) is 11.3 Å². The summed E-state index contributed by atoms with van der Waals surface area (Å²) in [6.07, 6.45) is 6.16. The Labute approximate surface area is 126 Å². The lowest BCUT2D eigenvalue weighted by atomic mass is 9.78. The molecule has 1 aliphatic carbocycles. The van der Waals surface area contributed by atoms with Gasteiger partial charge in [-0.25, -0.2) is 9.78 Å². The third-order valence-corrected chi connectivity index (χ3v) is 4.28. The summed E-state index contributed by atoms with van der Waals surface area (Å²) in [5.74, 6) is 0.112. The minimum Gasteiger partial charge on any atom is -0.477 e. The number of anilines is 2. The topological polar surface area (TPSA) is 88.2 Å². The van der Waals surface area contributed by atoms with Gasteiger partial charge in [0.2, 0.25) is 0 Å². The number of aromatic carboxylic acids is 1. The zero-order chi connectivity index (χ0) is 15.5. The molecule has 21 heavy (non-hydrogen) atoms. The van der Waals surface area contributed by atoms with Crippen molar-refractivity contribution in [3.05, 3.63) is 17.8 Å². The minimum atomic E-state index is -1.03. The summed E-state index contributed by atoms with van der Waals surface area (Å²) in [6.45, 7) is 5.31. The highest BCUT2D eigenvalue weighted by molar-refractivity contribution is 5.86. The molecule has 0 saturated heterocycles. The average molecular weight is 291 g/mol. The van der Waals surface area contributed by atoms with Crippen LogP contribution in [0, 0.1) is 11.3 Å². The fraction of sp³-hybridized carbons (Fsp3) is 0.625. The van der Waals surface area contributed by atoms with Crippen molar-refractivity contribution in [2.75, 3.05) is 17.6 Å². The van der Waals surface area contributed by atoms with E-state index >= 15 is 0 Å². The number of nitrogens with zero attached hydrogens (tertiary/aromatic N) is 1. The molecule has 5 heteroatoms. The van der Waals surface area contributed by atoms with Gasteiger partial charge in [0.15, 0.2) is 5.69 Å². The van der Waals surface area contributed by atoms with Crippen LogP contribution in [0.4, 0.5) is 11.5 Å². The Balaban J connectivity index is 2.10. The summed E-state index contributed by atoms with van der Waals surface area (Å²) in [5.41, 5.74) is 6.72. The second kappa shape index (κ2) is 6.33. The first-order valence-electron chi connectivity index (χ1n) is 7.66. The molecule has 2 rings (SSSR count). The number of rotatable bonds is 6. The van der Waals surface area contributed by atoms with Gasteiger partial charge < -0.3 is 16.2 Å². The molecule has 1 saturated carbocycles. The molecule has 1 aromatic rings. The molecular weight excluding hydrogens is 266 g/mol. The lowest BCUT2D eigenvalue weighted by Gasteiger charge is -2.31. The van der Waals surface area contributed by atoms with Crippen molar-refractivity contribution >= 4 is 17.5 Å². The summed E-state index contributed by atoms with van der Waals surface area (Å²) >= 11 is 0. The predicted molar refractivity (Wildman–Crippen MR) is 84.5 cm³/mol. The van der Waals surface area contributed by atoms with E-state index in [9.17, 15) is 4.79 Å². The van der Waals surface area contributed by atoms with Crippen LogP contribution in [0.1, 0.15) is 56.4 Å². The predicted octanol–water partition coefficient (Wildman–Crippen LogP) is 3.38. The second-order valence-electron chi connectivity index (χ2n) is 6.60. The molecule has 0 aromatic carbocycles. The Morgan fingerprint density at radius 3 is 2.67 bits per heavy atom. The summed E-state index contributed by atoms with van der Waals surface area (Å²) in [7, 11) is 0. The zero-order valence-corrected chi connectivity index (χ0v) is 12.9. The molecule has 1 aliphatic rings. The molecule has 5 nitrogen and oxygen atoms in total. The van der Waals surface area contributed by atoms with Gasteiger partial charge in [0.1, 0.15) is 5.82 Å². The Kier molecular flexibility index (Phi) is 4.70. The van der Waals surface area contributed by atoms with E-state index in [-0.39, 0.29) is 5.69 Å². The number of aromatic nitrogens is 1. The van der Waals surface area contributed by atoms with Crippen LogP contribution in [0.15, 0.2) is 12.1 Å². The van der Waals surface area contributed by atoms with E-state index in [1.807, 2.05) is 0 Å². The maximum Gasteiger partial charge on any atom is 0.354 e. The van der Waals surface area contributed by atoms with E-state index in [1.54, 1.807) is 6.07 Å². The fourth-order valence-electron chi connectivity index (χ4n) is 3.45. The molecule has 0 aliphatic heterocycles. The number of carboxylic acids is 1. The maximum absolute atomic E-state index is 11.0. The van der Waals surface area contributed by atoms with Crippen LogP contribution in [0.2, 0.25) is 0 Å². The minimum absolute atomic E-state index is 0.0241. The quantitative estimate of drug-likeness (QED) is 0.747. The summed E-state index contributed by atoms with van der Waals surface area (Å²) in [6, 6.07) is 3.03. The molecule has 0 bridgehead atoms. The van der Waals surface area contributed by atoms with Gasteiger partial charge >= 0.3 is 5.97 Å². The van der Waals surface area contributed by atoms with Crippen molar-refractivity contribution < 1.29 is 9.90 Å². The van der Waals surface area contributed by atoms with Crippen molar-refractivity contribution in [3.63, 3.8) is 0 Å². The van der Waals surface area contributed by atoms with E-state index in [4.69, 9.17) is 10.8 Å². The first-order valence-corrected chi connectivity index (χ1v) is 7.66. The molecule has 1 aromatic heterocycles. The first kappa shape index (κ1) is 15.6. The number of pyridine rings is 1. The molecule has 4 N–H and O–H groups in total. The summed E-state index contributed by atoms with van der Waals surface area (Å²) in [5, 5.41) is 12.3. The van der Waals surface area contributed by atoms with E-state index in [0.717, 1.165) is 6.54 Å². The molecule has 1 heterocycles. The van der Waals surface area contributed by atoms with Crippen LogP contribution in [-0.2, 0) is 0 Å². The lowest BCUT2D eigenvalue weighted by molar-refractivity contribution is 0.0690. The third-order valence-electron chi connectivity index (χ3n) is 4.28. The highest BCUT2D eigenvalue weighted by Crippen LogP contribution is 2.43. The number of carboxylic acid groups (broad SMARTS) is 1. The number of hydrogen-bond donors (Lipinski definition) is 3. The largest absolute Gasteiger partial charge is 0.477 e. The lowest BCUT2D eigenvalue weighted by Crippen LogP contribution is -2.29. The van der Waals surface area contributed by atoms with E-state index in [0.29, 0.717) is 22.8 Å². The Morgan fingerprint density at radius 1 is 1.43 bits per heavy atom. The normalized spacial score (nSPS) is 17.1. The monoisotopic (exact) mass is 291 g/mol. The van der Waals surface area contributed by atoms with Crippen LogP contribution >= 0.6 is 0 Å². The molecule has 0 atom stereocenters.